The van der Waals surface area contributed by atoms with Gasteiger partial charge >= 0.3 is 0 Å². The second-order valence-corrected chi connectivity index (χ2v) is 11.1. The van der Waals surface area contributed by atoms with Gasteiger partial charge in [-0.3, -0.25) is 14.4 Å². The molecule has 0 unspecified atom stereocenters. The predicted octanol–water partition coefficient (Wildman–Crippen LogP) is 7.32. The summed E-state index contributed by atoms with van der Waals surface area (Å²) in [6.07, 6.45) is 0. The van der Waals surface area contributed by atoms with Gasteiger partial charge in [0, 0.05) is 21.8 Å². The third-order valence-electron chi connectivity index (χ3n) is 6.22. The normalized spacial score (nSPS) is 10.5. The number of para-hydroxylation sites is 1. The van der Waals surface area contributed by atoms with E-state index in [1.165, 1.54) is 11.8 Å². The average Bonchev–Trinajstić information content (AvgIpc) is 3.30. The average molecular weight is 577 g/mol. The third kappa shape index (κ3) is 6.64. The highest BCUT2D eigenvalue weighted by atomic mass is 32.2. The van der Waals surface area contributed by atoms with E-state index < -0.39 is 0 Å². The van der Waals surface area contributed by atoms with Crippen molar-refractivity contribution in [2.75, 3.05) is 21.7 Å². The summed E-state index contributed by atoms with van der Waals surface area (Å²) < 4.78 is 0. The first-order chi connectivity index (χ1) is 19.9. The second-order valence-electron chi connectivity index (χ2n) is 9.07. The van der Waals surface area contributed by atoms with E-state index in [1.54, 1.807) is 37.3 Å². The first-order valence-electron chi connectivity index (χ1n) is 12.6. The van der Waals surface area contributed by atoms with E-state index in [9.17, 15) is 19.6 Å². The number of thiophene rings is 1. The molecule has 1 heterocycles. The zero-order chi connectivity index (χ0) is 28.8. The Kier molecular flexibility index (Phi) is 8.44. The number of nitrogens with zero attached hydrogens (tertiary/aromatic N) is 1. The van der Waals surface area contributed by atoms with Gasteiger partial charge in [-0.25, -0.2) is 0 Å². The van der Waals surface area contributed by atoms with Gasteiger partial charge in [-0.05, 0) is 65.7 Å². The standard InChI is InChI=1S/C32H24N4O3S2/c1-20-27(18-33)32(41-29(20)31(39)34-24-10-3-2-4-11-24)36-28(37)19-40-26-13-7-12-25(17-26)35-30(38)23-15-14-21-8-5-6-9-22(21)16-23/h2-17H,19H2,1H3,(H,34,39)(H,35,38)(H,36,37). The van der Waals surface area contributed by atoms with Gasteiger partial charge in [0.25, 0.3) is 11.8 Å². The molecule has 0 spiro atoms. The number of fused-ring (bicyclic) bond motifs is 1. The van der Waals surface area contributed by atoms with E-state index in [2.05, 4.69) is 22.0 Å². The van der Waals surface area contributed by atoms with Gasteiger partial charge in [-0.15, -0.1) is 23.1 Å². The second kappa shape index (κ2) is 12.5. The monoisotopic (exact) mass is 576 g/mol. The van der Waals surface area contributed by atoms with Crippen molar-refractivity contribution in [3.8, 4) is 6.07 Å². The number of amides is 3. The summed E-state index contributed by atoms with van der Waals surface area (Å²) >= 11 is 2.37. The van der Waals surface area contributed by atoms with Crippen LogP contribution in [0.5, 0.6) is 0 Å². The van der Waals surface area contributed by atoms with Crippen LogP contribution in [0, 0.1) is 18.3 Å². The Morgan fingerprint density at radius 3 is 2.27 bits per heavy atom. The molecule has 3 N–H and O–H groups in total. The smallest absolute Gasteiger partial charge is 0.266 e. The quantitative estimate of drug-likeness (QED) is 0.168. The fourth-order valence-corrected chi connectivity index (χ4v) is 5.99. The summed E-state index contributed by atoms with van der Waals surface area (Å²) in [5.74, 6) is -0.795. The molecule has 0 fully saturated rings. The molecule has 41 heavy (non-hydrogen) atoms. The van der Waals surface area contributed by atoms with Gasteiger partial charge in [0.15, 0.2) is 0 Å². The molecule has 0 radical (unpaired) electrons. The Bertz CT molecular complexity index is 1810. The van der Waals surface area contributed by atoms with Crippen molar-refractivity contribution in [1.29, 1.82) is 5.26 Å². The minimum absolute atomic E-state index is 0.0788. The molecule has 3 amide bonds. The van der Waals surface area contributed by atoms with Gasteiger partial charge < -0.3 is 16.0 Å². The summed E-state index contributed by atoms with van der Waals surface area (Å²) in [5.41, 5.74) is 2.59. The minimum atomic E-state index is -0.340. The molecule has 0 saturated carbocycles. The number of thioether (sulfide) groups is 1. The maximum absolute atomic E-state index is 12.8. The topological polar surface area (TPSA) is 111 Å². The number of carbonyl (C=O) groups excluding carboxylic acids is 3. The number of anilines is 3. The maximum Gasteiger partial charge on any atom is 0.266 e. The van der Waals surface area contributed by atoms with Crippen LogP contribution in [0.15, 0.2) is 102 Å². The Hall–Kier alpha value is -4.91. The van der Waals surface area contributed by atoms with E-state index in [0.717, 1.165) is 27.0 Å². The zero-order valence-electron chi connectivity index (χ0n) is 21.9. The van der Waals surface area contributed by atoms with E-state index in [4.69, 9.17) is 0 Å². The number of nitrogens with one attached hydrogen (secondary N) is 3. The number of benzene rings is 4. The molecule has 4 aromatic carbocycles. The lowest BCUT2D eigenvalue weighted by Gasteiger charge is -2.09. The third-order valence-corrected chi connectivity index (χ3v) is 8.42. The van der Waals surface area contributed by atoms with Crippen LogP contribution in [0.4, 0.5) is 16.4 Å². The van der Waals surface area contributed by atoms with Crippen molar-refractivity contribution in [1.82, 2.24) is 0 Å². The van der Waals surface area contributed by atoms with Crippen molar-refractivity contribution < 1.29 is 14.4 Å². The van der Waals surface area contributed by atoms with Crippen molar-refractivity contribution in [3.63, 3.8) is 0 Å². The first kappa shape index (κ1) is 27.6. The van der Waals surface area contributed by atoms with Crippen LogP contribution >= 0.6 is 23.1 Å². The highest BCUT2D eigenvalue weighted by molar-refractivity contribution is 8.00. The van der Waals surface area contributed by atoms with Crippen LogP contribution in [0.2, 0.25) is 0 Å². The summed E-state index contributed by atoms with van der Waals surface area (Å²) in [6.45, 7) is 1.69. The molecule has 5 rings (SSSR count). The SMILES string of the molecule is Cc1c(C(=O)Nc2ccccc2)sc(NC(=O)CSc2cccc(NC(=O)c3ccc4ccccc4c3)c2)c1C#N. The number of carbonyl (C=O) groups is 3. The highest BCUT2D eigenvalue weighted by Crippen LogP contribution is 2.33. The maximum atomic E-state index is 12.8. The molecule has 0 atom stereocenters. The first-order valence-corrected chi connectivity index (χ1v) is 14.4. The summed E-state index contributed by atoms with van der Waals surface area (Å²) in [7, 11) is 0. The van der Waals surface area contributed by atoms with E-state index in [1.807, 2.05) is 66.7 Å². The molecule has 0 aliphatic rings. The lowest BCUT2D eigenvalue weighted by Crippen LogP contribution is -2.14. The van der Waals surface area contributed by atoms with Gasteiger partial charge in [0.05, 0.1) is 16.2 Å². The summed E-state index contributed by atoms with van der Waals surface area (Å²) in [5, 5.41) is 20.6. The molecular weight excluding hydrogens is 553 g/mol. The van der Waals surface area contributed by atoms with Crippen LogP contribution in [0.1, 0.15) is 31.2 Å². The largest absolute Gasteiger partial charge is 0.322 e. The number of rotatable bonds is 8. The van der Waals surface area contributed by atoms with Crippen LogP contribution in [0.25, 0.3) is 10.8 Å². The fraction of sp³-hybridized carbons (Fsp3) is 0.0625. The molecule has 5 aromatic rings. The van der Waals surface area contributed by atoms with Crippen molar-refractivity contribution >= 4 is 68.0 Å². The van der Waals surface area contributed by atoms with Gasteiger partial charge in [-0.2, -0.15) is 5.26 Å². The van der Waals surface area contributed by atoms with Crippen LogP contribution in [-0.2, 0) is 4.79 Å². The van der Waals surface area contributed by atoms with Crippen molar-refractivity contribution in [3.05, 3.63) is 119 Å². The van der Waals surface area contributed by atoms with Crippen LogP contribution < -0.4 is 16.0 Å². The summed E-state index contributed by atoms with van der Waals surface area (Å²) in [6, 6.07) is 31.8. The molecule has 0 saturated heterocycles. The van der Waals surface area contributed by atoms with Gasteiger partial charge in [-0.1, -0.05) is 54.6 Å². The van der Waals surface area contributed by atoms with E-state index >= 15 is 0 Å². The number of nitriles is 1. The minimum Gasteiger partial charge on any atom is -0.322 e. The Labute approximate surface area is 245 Å². The van der Waals surface area contributed by atoms with Gasteiger partial charge in [0.1, 0.15) is 11.1 Å². The predicted molar refractivity (Wildman–Crippen MR) is 166 cm³/mol. The fourth-order valence-electron chi connectivity index (χ4n) is 4.17. The van der Waals surface area contributed by atoms with E-state index in [0.29, 0.717) is 32.4 Å². The zero-order valence-corrected chi connectivity index (χ0v) is 23.6. The van der Waals surface area contributed by atoms with Crippen LogP contribution in [0.3, 0.4) is 0 Å². The molecule has 7 nitrogen and oxygen atoms in total. The summed E-state index contributed by atoms with van der Waals surface area (Å²) in [4.78, 5) is 39.6. The molecule has 202 valence electrons. The van der Waals surface area contributed by atoms with Crippen molar-refractivity contribution in [2.24, 2.45) is 0 Å². The number of hydrogen-bond donors (Lipinski definition) is 3. The Morgan fingerprint density at radius 2 is 1.49 bits per heavy atom. The number of hydrogen-bond acceptors (Lipinski definition) is 6. The molecule has 0 aliphatic heterocycles. The molecule has 0 bridgehead atoms. The van der Waals surface area contributed by atoms with Crippen molar-refractivity contribution in [2.45, 2.75) is 11.8 Å². The molecule has 1 aromatic heterocycles. The molecule has 9 heteroatoms. The Morgan fingerprint density at radius 1 is 0.780 bits per heavy atom. The molecule has 0 aliphatic carbocycles. The van der Waals surface area contributed by atoms with E-state index in [-0.39, 0.29) is 29.0 Å². The highest BCUT2D eigenvalue weighted by Gasteiger charge is 2.21. The lowest BCUT2D eigenvalue weighted by molar-refractivity contribution is -0.113. The van der Waals surface area contributed by atoms with Crippen LogP contribution in [-0.4, -0.2) is 23.5 Å². The van der Waals surface area contributed by atoms with Gasteiger partial charge in [0.2, 0.25) is 5.91 Å². The lowest BCUT2D eigenvalue weighted by atomic mass is 10.1. The molecular formula is C32H24N4O3S2. The Balaban J connectivity index is 1.20.